The van der Waals surface area contributed by atoms with Crippen LogP contribution < -0.4 is 5.73 Å². The molecule has 18 heavy (non-hydrogen) atoms. The van der Waals surface area contributed by atoms with Crippen molar-refractivity contribution in [3.05, 3.63) is 34.9 Å². The Bertz CT molecular complexity index is 354. The zero-order valence-corrected chi connectivity index (χ0v) is 13.1. The largest absolute Gasteiger partial charge is 0.326 e. The molecule has 3 heteroatoms. The Morgan fingerprint density at radius 3 is 2.50 bits per heavy atom. The van der Waals surface area contributed by atoms with Gasteiger partial charge in [0.25, 0.3) is 0 Å². The third-order valence-corrected chi connectivity index (χ3v) is 4.84. The minimum Gasteiger partial charge on any atom is -0.326 e. The van der Waals surface area contributed by atoms with E-state index in [0.717, 1.165) is 23.1 Å². The number of benzene rings is 1. The van der Waals surface area contributed by atoms with E-state index >= 15 is 0 Å². The van der Waals surface area contributed by atoms with E-state index < -0.39 is 0 Å². The number of thioether (sulfide) groups is 1. The summed E-state index contributed by atoms with van der Waals surface area (Å²) in [6, 6.07) is 8.24. The molecule has 0 amide bonds. The van der Waals surface area contributed by atoms with E-state index in [2.05, 4.69) is 26.8 Å². The Morgan fingerprint density at radius 1 is 1.28 bits per heavy atom. The Balaban J connectivity index is 2.75. The van der Waals surface area contributed by atoms with Crippen LogP contribution in [0.2, 0.25) is 5.02 Å². The Hall–Kier alpha value is -0.180. The van der Waals surface area contributed by atoms with E-state index in [1.54, 1.807) is 0 Å². The maximum atomic E-state index is 6.29. The van der Waals surface area contributed by atoms with Crippen LogP contribution in [0.25, 0.3) is 0 Å². The lowest BCUT2D eigenvalue weighted by atomic mass is 10.0. The van der Waals surface area contributed by atoms with Crippen LogP contribution in [0.15, 0.2) is 24.3 Å². The fourth-order valence-corrected chi connectivity index (χ4v) is 3.80. The topological polar surface area (TPSA) is 26.0 Å². The van der Waals surface area contributed by atoms with Gasteiger partial charge in [-0.1, -0.05) is 50.6 Å². The summed E-state index contributed by atoms with van der Waals surface area (Å²) in [6.07, 6.45) is 2.20. The standard InChI is InChI=1S/C15H24ClNS/c1-4-14(17)15(18-10-9-11(2)3)12-7-5-6-8-13(12)16/h5-8,11,14-15H,4,9-10,17H2,1-3H3. The molecule has 0 bridgehead atoms. The summed E-state index contributed by atoms with van der Waals surface area (Å²) in [5.74, 6) is 1.88. The van der Waals surface area contributed by atoms with Gasteiger partial charge in [-0.05, 0) is 36.1 Å². The van der Waals surface area contributed by atoms with E-state index in [9.17, 15) is 0 Å². The molecule has 1 rings (SSSR count). The maximum absolute atomic E-state index is 6.29. The van der Waals surface area contributed by atoms with Crippen molar-refractivity contribution in [3.8, 4) is 0 Å². The number of hydrogen-bond donors (Lipinski definition) is 1. The quantitative estimate of drug-likeness (QED) is 0.771. The second kappa shape index (κ2) is 8.08. The first kappa shape index (κ1) is 15.9. The molecule has 0 radical (unpaired) electrons. The average Bonchev–Trinajstić information content (AvgIpc) is 2.35. The van der Waals surface area contributed by atoms with Crippen molar-refractivity contribution in [1.82, 2.24) is 0 Å². The van der Waals surface area contributed by atoms with Gasteiger partial charge in [0, 0.05) is 16.3 Å². The van der Waals surface area contributed by atoms with Gasteiger partial charge >= 0.3 is 0 Å². The smallest absolute Gasteiger partial charge is 0.0462 e. The van der Waals surface area contributed by atoms with Crippen LogP contribution >= 0.6 is 23.4 Å². The normalized spacial score (nSPS) is 14.8. The highest BCUT2D eigenvalue weighted by Crippen LogP contribution is 2.37. The molecule has 2 N–H and O–H groups in total. The van der Waals surface area contributed by atoms with Crippen molar-refractivity contribution in [3.63, 3.8) is 0 Å². The molecule has 0 saturated carbocycles. The van der Waals surface area contributed by atoms with Crippen LogP contribution in [0.1, 0.15) is 44.4 Å². The summed E-state index contributed by atoms with van der Waals surface area (Å²) in [5, 5.41) is 1.14. The van der Waals surface area contributed by atoms with Crippen LogP contribution in [-0.2, 0) is 0 Å². The molecule has 0 spiro atoms. The zero-order valence-electron chi connectivity index (χ0n) is 11.5. The Labute approximate surface area is 120 Å². The predicted molar refractivity (Wildman–Crippen MR) is 84.4 cm³/mol. The van der Waals surface area contributed by atoms with Crippen molar-refractivity contribution < 1.29 is 0 Å². The van der Waals surface area contributed by atoms with Gasteiger partial charge in [0.15, 0.2) is 0 Å². The summed E-state index contributed by atoms with van der Waals surface area (Å²) in [7, 11) is 0. The lowest BCUT2D eigenvalue weighted by Gasteiger charge is -2.24. The van der Waals surface area contributed by atoms with Gasteiger partial charge in [-0.15, -0.1) is 0 Å². The van der Waals surface area contributed by atoms with Gasteiger partial charge in [-0.25, -0.2) is 0 Å². The van der Waals surface area contributed by atoms with Crippen LogP contribution in [0.3, 0.4) is 0 Å². The van der Waals surface area contributed by atoms with Crippen LogP contribution in [0, 0.1) is 5.92 Å². The minimum absolute atomic E-state index is 0.169. The van der Waals surface area contributed by atoms with E-state index in [-0.39, 0.29) is 6.04 Å². The Morgan fingerprint density at radius 2 is 1.94 bits per heavy atom. The third-order valence-electron chi connectivity index (χ3n) is 3.06. The van der Waals surface area contributed by atoms with Gasteiger partial charge in [-0.2, -0.15) is 11.8 Å². The van der Waals surface area contributed by atoms with Gasteiger partial charge in [0.1, 0.15) is 0 Å². The van der Waals surface area contributed by atoms with Crippen molar-refractivity contribution in [2.24, 2.45) is 11.7 Å². The summed E-state index contributed by atoms with van der Waals surface area (Å²) in [6.45, 7) is 6.65. The number of nitrogens with two attached hydrogens (primary N) is 1. The SMILES string of the molecule is CCC(N)C(SCCC(C)C)c1ccccc1Cl. The molecule has 102 valence electrons. The van der Waals surface area contributed by atoms with Crippen molar-refractivity contribution >= 4 is 23.4 Å². The summed E-state index contributed by atoms with van der Waals surface area (Å²) in [4.78, 5) is 0. The Kier molecular flexibility index (Phi) is 7.13. The molecule has 0 saturated heterocycles. The molecule has 2 atom stereocenters. The zero-order chi connectivity index (χ0) is 13.5. The lowest BCUT2D eigenvalue weighted by Crippen LogP contribution is -2.26. The third kappa shape index (κ3) is 4.83. The van der Waals surface area contributed by atoms with E-state index in [1.807, 2.05) is 30.0 Å². The van der Waals surface area contributed by atoms with Crippen molar-refractivity contribution in [2.45, 2.75) is 44.9 Å². The second-order valence-corrected chi connectivity index (χ2v) is 6.72. The molecule has 1 aromatic carbocycles. The lowest BCUT2D eigenvalue weighted by molar-refractivity contribution is 0.618. The summed E-state index contributed by atoms with van der Waals surface area (Å²) >= 11 is 8.23. The van der Waals surface area contributed by atoms with Gasteiger partial charge in [-0.3, -0.25) is 0 Å². The molecular weight excluding hydrogens is 262 g/mol. The molecule has 0 aliphatic carbocycles. The van der Waals surface area contributed by atoms with E-state index in [1.165, 1.54) is 12.0 Å². The van der Waals surface area contributed by atoms with Crippen molar-refractivity contribution in [2.75, 3.05) is 5.75 Å². The van der Waals surface area contributed by atoms with Gasteiger partial charge in [0.05, 0.1) is 0 Å². The van der Waals surface area contributed by atoms with Crippen LogP contribution in [0.5, 0.6) is 0 Å². The average molecular weight is 286 g/mol. The molecule has 0 aliphatic rings. The summed E-state index contributed by atoms with van der Waals surface area (Å²) in [5.41, 5.74) is 7.44. The highest BCUT2D eigenvalue weighted by molar-refractivity contribution is 7.99. The van der Waals surface area contributed by atoms with Crippen LogP contribution in [0.4, 0.5) is 0 Å². The molecule has 0 heterocycles. The molecule has 0 fully saturated rings. The first-order valence-corrected chi connectivity index (χ1v) is 8.10. The maximum Gasteiger partial charge on any atom is 0.0462 e. The second-order valence-electron chi connectivity index (χ2n) is 5.07. The van der Waals surface area contributed by atoms with Crippen molar-refractivity contribution in [1.29, 1.82) is 0 Å². The highest BCUT2D eigenvalue weighted by atomic mass is 35.5. The monoisotopic (exact) mass is 285 g/mol. The highest BCUT2D eigenvalue weighted by Gasteiger charge is 2.21. The molecule has 0 aromatic heterocycles. The molecule has 0 aliphatic heterocycles. The number of hydrogen-bond acceptors (Lipinski definition) is 2. The fourth-order valence-electron chi connectivity index (χ4n) is 1.79. The van der Waals surface area contributed by atoms with Gasteiger partial charge < -0.3 is 5.73 Å². The van der Waals surface area contributed by atoms with E-state index in [0.29, 0.717) is 5.25 Å². The van der Waals surface area contributed by atoms with Gasteiger partial charge in [0.2, 0.25) is 0 Å². The minimum atomic E-state index is 0.169. The fraction of sp³-hybridized carbons (Fsp3) is 0.600. The first-order valence-electron chi connectivity index (χ1n) is 6.67. The molecular formula is C15H24ClNS. The number of halogens is 1. The van der Waals surface area contributed by atoms with Crippen LogP contribution in [-0.4, -0.2) is 11.8 Å². The summed E-state index contributed by atoms with van der Waals surface area (Å²) < 4.78 is 0. The molecule has 2 unspecified atom stereocenters. The molecule has 1 nitrogen and oxygen atoms in total. The predicted octanol–water partition coefficient (Wildman–Crippen LogP) is 4.90. The number of rotatable bonds is 7. The van der Waals surface area contributed by atoms with E-state index in [4.69, 9.17) is 17.3 Å². The molecule has 1 aromatic rings. The first-order chi connectivity index (χ1) is 8.56.